The van der Waals surface area contributed by atoms with E-state index in [4.69, 9.17) is 4.74 Å². The van der Waals surface area contributed by atoms with Gasteiger partial charge < -0.3 is 15.0 Å². The monoisotopic (exact) mass is 328 g/mol. The van der Waals surface area contributed by atoms with Gasteiger partial charge in [0.2, 0.25) is 11.9 Å². The molecule has 6 nitrogen and oxygen atoms in total. The van der Waals surface area contributed by atoms with E-state index in [1.54, 1.807) is 12.4 Å². The number of likely N-dealkylation sites (tertiary alicyclic amines) is 1. The highest BCUT2D eigenvalue weighted by atomic mass is 16.5. The molecule has 3 aliphatic rings. The fourth-order valence-electron chi connectivity index (χ4n) is 4.08. The lowest BCUT2D eigenvalue weighted by molar-refractivity contribution is -0.129. The molecule has 1 amide bonds. The van der Waals surface area contributed by atoms with Crippen molar-refractivity contribution >= 4 is 11.9 Å². The van der Waals surface area contributed by atoms with Gasteiger partial charge >= 0.3 is 0 Å². The minimum atomic E-state index is -0.209. The number of nitrogens with zero attached hydrogens (tertiary/aromatic N) is 3. The number of nitrogens with one attached hydrogen (secondary N) is 1. The summed E-state index contributed by atoms with van der Waals surface area (Å²) in [5.41, 5.74) is 0.787. The Morgan fingerprint density at radius 2 is 2.25 bits per heavy atom. The zero-order valence-electron chi connectivity index (χ0n) is 13.9. The van der Waals surface area contributed by atoms with E-state index in [9.17, 15) is 4.79 Å². The van der Waals surface area contributed by atoms with Crippen LogP contribution in [0, 0.1) is 0 Å². The first-order chi connectivity index (χ1) is 11.7. The summed E-state index contributed by atoms with van der Waals surface area (Å²) in [6.45, 7) is 2.22. The second-order valence-electron chi connectivity index (χ2n) is 7.04. The number of rotatable bonds is 3. The lowest BCUT2D eigenvalue weighted by Crippen LogP contribution is -2.47. The van der Waals surface area contributed by atoms with Gasteiger partial charge in [0.1, 0.15) is 0 Å². The van der Waals surface area contributed by atoms with Crippen molar-refractivity contribution in [3.63, 3.8) is 0 Å². The van der Waals surface area contributed by atoms with E-state index in [0.29, 0.717) is 18.5 Å². The second-order valence-corrected chi connectivity index (χ2v) is 7.04. The molecular weight excluding hydrogens is 304 g/mol. The molecule has 0 aromatic carbocycles. The molecule has 1 spiro atoms. The molecule has 24 heavy (non-hydrogen) atoms. The van der Waals surface area contributed by atoms with E-state index in [-0.39, 0.29) is 11.5 Å². The van der Waals surface area contributed by atoms with Crippen LogP contribution < -0.4 is 5.32 Å². The number of aromatic nitrogens is 2. The van der Waals surface area contributed by atoms with E-state index in [1.807, 2.05) is 11.0 Å². The van der Waals surface area contributed by atoms with Gasteiger partial charge in [0.25, 0.3) is 0 Å². The first kappa shape index (κ1) is 15.6. The maximum atomic E-state index is 12.6. The van der Waals surface area contributed by atoms with Gasteiger partial charge in [-0.05, 0) is 44.6 Å². The van der Waals surface area contributed by atoms with Crippen LogP contribution in [-0.2, 0) is 9.53 Å². The zero-order valence-corrected chi connectivity index (χ0v) is 13.9. The summed E-state index contributed by atoms with van der Waals surface area (Å²) < 4.78 is 6.14. The Labute approximate surface area is 142 Å². The van der Waals surface area contributed by atoms with Gasteiger partial charge in [-0.2, -0.15) is 0 Å². The summed E-state index contributed by atoms with van der Waals surface area (Å²) in [7, 11) is 0. The van der Waals surface area contributed by atoms with Gasteiger partial charge in [-0.15, -0.1) is 0 Å². The van der Waals surface area contributed by atoms with Crippen molar-refractivity contribution in [2.75, 3.05) is 25.0 Å². The van der Waals surface area contributed by atoms with E-state index in [0.717, 1.165) is 57.2 Å². The smallest absolute Gasteiger partial charge is 0.249 e. The molecule has 2 aliphatic heterocycles. The lowest BCUT2D eigenvalue weighted by atomic mass is 9.89. The highest BCUT2D eigenvalue weighted by Gasteiger charge is 2.45. The molecule has 6 heteroatoms. The molecule has 1 aromatic heterocycles. The van der Waals surface area contributed by atoms with Gasteiger partial charge in [-0.3, -0.25) is 4.79 Å². The number of allylic oxidation sites excluding steroid dienone is 1. The van der Waals surface area contributed by atoms with Crippen LogP contribution in [0.25, 0.3) is 0 Å². The molecular formula is C18H24N4O2. The highest BCUT2D eigenvalue weighted by Crippen LogP contribution is 2.36. The minimum Gasteiger partial charge on any atom is -0.373 e. The van der Waals surface area contributed by atoms with Crippen LogP contribution in [0.1, 0.15) is 38.5 Å². The molecule has 3 heterocycles. The predicted octanol–water partition coefficient (Wildman–Crippen LogP) is 2.15. The third-order valence-corrected chi connectivity index (χ3v) is 5.31. The summed E-state index contributed by atoms with van der Waals surface area (Å²) in [5.74, 6) is 0.885. The van der Waals surface area contributed by atoms with Gasteiger partial charge in [0.05, 0.1) is 12.1 Å². The first-order valence-electron chi connectivity index (χ1n) is 8.90. The molecule has 0 radical (unpaired) electrons. The topological polar surface area (TPSA) is 67.4 Å². The quantitative estimate of drug-likeness (QED) is 0.921. The zero-order chi connectivity index (χ0) is 16.4. The van der Waals surface area contributed by atoms with Crippen molar-refractivity contribution in [3.05, 3.63) is 30.1 Å². The van der Waals surface area contributed by atoms with Crippen molar-refractivity contribution in [1.82, 2.24) is 14.9 Å². The van der Waals surface area contributed by atoms with E-state index < -0.39 is 0 Å². The molecule has 2 saturated heterocycles. The van der Waals surface area contributed by atoms with Crippen molar-refractivity contribution in [1.29, 1.82) is 0 Å². The standard InChI is InChI=1S/C18H24N4O2/c23-16(14-4-1-2-5-14)22-10-7-18(13-22)12-15(6-11-24-18)21-17-19-8-3-9-20-17/h3-4,8-9,15H,1-2,5-7,10-13H2,(H,19,20,21)/t15-,18-/m0/s1. The average molecular weight is 328 g/mol. The van der Waals surface area contributed by atoms with Crippen molar-refractivity contribution in [2.45, 2.75) is 50.2 Å². The Kier molecular flexibility index (Phi) is 4.22. The maximum Gasteiger partial charge on any atom is 0.249 e. The van der Waals surface area contributed by atoms with Gasteiger partial charge in [-0.1, -0.05) is 6.08 Å². The first-order valence-corrected chi connectivity index (χ1v) is 8.90. The summed E-state index contributed by atoms with van der Waals surface area (Å²) >= 11 is 0. The van der Waals surface area contributed by atoms with Gasteiger partial charge in [0, 0.05) is 37.2 Å². The molecule has 2 atom stereocenters. The summed E-state index contributed by atoms with van der Waals surface area (Å²) in [6, 6.07) is 2.11. The molecule has 1 aromatic rings. The third kappa shape index (κ3) is 3.15. The Hall–Kier alpha value is -1.95. The second kappa shape index (κ2) is 6.51. The molecule has 1 aliphatic carbocycles. The van der Waals surface area contributed by atoms with Crippen LogP contribution in [0.4, 0.5) is 5.95 Å². The molecule has 0 bridgehead atoms. The van der Waals surface area contributed by atoms with Crippen LogP contribution in [0.15, 0.2) is 30.1 Å². The number of amides is 1. The normalized spacial score (nSPS) is 29.8. The largest absolute Gasteiger partial charge is 0.373 e. The highest BCUT2D eigenvalue weighted by molar-refractivity contribution is 5.94. The number of anilines is 1. The fraction of sp³-hybridized carbons (Fsp3) is 0.611. The number of ether oxygens (including phenoxy) is 1. The Bertz CT molecular complexity index is 633. The van der Waals surface area contributed by atoms with E-state index >= 15 is 0 Å². The van der Waals surface area contributed by atoms with Crippen molar-refractivity contribution in [2.24, 2.45) is 0 Å². The maximum absolute atomic E-state index is 12.6. The Morgan fingerprint density at radius 1 is 1.38 bits per heavy atom. The van der Waals surface area contributed by atoms with Crippen molar-refractivity contribution < 1.29 is 9.53 Å². The van der Waals surface area contributed by atoms with Gasteiger partial charge in [0.15, 0.2) is 0 Å². The molecule has 2 fully saturated rings. The van der Waals surface area contributed by atoms with Crippen LogP contribution in [0.5, 0.6) is 0 Å². The van der Waals surface area contributed by atoms with Crippen LogP contribution in [0.2, 0.25) is 0 Å². The van der Waals surface area contributed by atoms with Gasteiger partial charge in [-0.25, -0.2) is 9.97 Å². The van der Waals surface area contributed by atoms with Crippen molar-refractivity contribution in [3.8, 4) is 0 Å². The molecule has 0 saturated carbocycles. The van der Waals surface area contributed by atoms with E-state index in [1.165, 1.54) is 0 Å². The molecule has 128 valence electrons. The fourth-order valence-corrected chi connectivity index (χ4v) is 4.08. The Balaban J connectivity index is 1.39. The van der Waals surface area contributed by atoms with Crippen LogP contribution >= 0.6 is 0 Å². The Morgan fingerprint density at radius 3 is 3.04 bits per heavy atom. The molecule has 4 rings (SSSR count). The molecule has 0 unspecified atom stereocenters. The third-order valence-electron chi connectivity index (χ3n) is 5.31. The summed E-state index contributed by atoms with van der Waals surface area (Å²) in [5, 5.41) is 3.41. The summed E-state index contributed by atoms with van der Waals surface area (Å²) in [4.78, 5) is 23.1. The van der Waals surface area contributed by atoms with Crippen LogP contribution in [0.3, 0.4) is 0 Å². The number of carbonyl (C=O) groups excluding carboxylic acids is 1. The predicted molar refractivity (Wildman–Crippen MR) is 90.5 cm³/mol. The number of carbonyl (C=O) groups is 1. The average Bonchev–Trinajstić information content (AvgIpc) is 3.26. The SMILES string of the molecule is O=C(C1=CCCC1)N1CC[C@]2(C[C@@H](Nc3ncccn3)CCO2)C1. The summed E-state index contributed by atoms with van der Waals surface area (Å²) in [6.07, 6.45) is 11.4. The minimum absolute atomic E-state index is 0.209. The molecule has 1 N–H and O–H groups in total. The van der Waals surface area contributed by atoms with Crippen LogP contribution in [-0.4, -0.2) is 52.1 Å². The lowest BCUT2D eigenvalue weighted by Gasteiger charge is -2.38. The number of hydrogen-bond donors (Lipinski definition) is 1. The number of hydrogen-bond acceptors (Lipinski definition) is 5. The van der Waals surface area contributed by atoms with E-state index in [2.05, 4.69) is 21.4 Å².